The third kappa shape index (κ3) is 2.70. The van der Waals surface area contributed by atoms with E-state index in [0.717, 1.165) is 28.4 Å². The monoisotopic (exact) mass is 260 g/mol. The van der Waals surface area contributed by atoms with Gasteiger partial charge in [-0.15, -0.1) is 0 Å². The average molecular weight is 260 g/mol. The summed E-state index contributed by atoms with van der Waals surface area (Å²) in [4.78, 5) is 4.23. The Hall–Kier alpha value is -2.04. The van der Waals surface area contributed by atoms with Crippen LogP contribution in [-0.2, 0) is 6.61 Å². The first-order valence-corrected chi connectivity index (χ1v) is 6.37. The quantitative estimate of drug-likeness (QED) is 0.858. The lowest BCUT2D eigenvalue weighted by atomic mass is 10.1. The fourth-order valence-corrected chi connectivity index (χ4v) is 2.01. The normalized spacial score (nSPS) is 11.0. The Morgan fingerprint density at radius 1 is 1.32 bits per heavy atom. The maximum Gasteiger partial charge on any atom is 0.165 e. The number of benzene rings is 1. The van der Waals surface area contributed by atoms with Gasteiger partial charge in [-0.25, -0.2) is 9.67 Å². The molecule has 0 saturated heterocycles. The molecule has 0 unspecified atom stereocenters. The summed E-state index contributed by atoms with van der Waals surface area (Å²) >= 11 is 0. The third-order valence-electron chi connectivity index (χ3n) is 3.13. The van der Waals surface area contributed by atoms with Crippen molar-refractivity contribution >= 4 is 5.69 Å². The summed E-state index contributed by atoms with van der Waals surface area (Å²) in [6.45, 7) is 8.49. The van der Waals surface area contributed by atoms with Gasteiger partial charge < -0.3 is 10.5 Å². The van der Waals surface area contributed by atoms with E-state index in [1.807, 2.05) is 30.7 Å². The number of nitrogens with two attached hydrogens (primary N) is 1. The fraction of sp³-hybridized carbons (Fsp3) is 0.429. The highest BCUT2D eigenvalue weighted by Gasteiger charge is 2.11. The van der Waals surface area contributed by atoms with Crippen LogP contribution in [0.1, 0.15) is 36.8 Å². The van der Waals surface area contributed by atoms with E-state index in [0.29, 0.717) is 6.61 Å². The van der Waals surface area contributed by atoms with Crippen LogP contribution in [0.25, 0.3) is 0 Å². The molecule has 0 aliphatic carbocycles. The Balaban J connectivity index is 2.19. The van der Waals surface area contributed by atoms with Gasteiger partial charge >= 0.3 is 0 Å². The van der Waals surface area contributed by atoms with Gasteiger partial charge in [-0.3, -0.25) is 0 Å². The van der Waals surface area contributed by atoms with Crippen LogP contribution in [-0.4, -0.2) is 14.8 Å². The van der Waals surface area contributed by atoms with Crippen LogP contribution >= 0.6 is 0 Å². The standard InChI is InChI=1S/C14H20N4O/c1-9(2)18-13(16-8-17-18)7-19-14-10(3)5-6-12(15)11(14)4/h5-6,8-9H,7,15H2,1-4H3. The minimum Gasteiger partial charge on any atom is -0.485 e. The van der Waals surface area contributed by atoms with Gasteiger partial charge in [0.25, 0.3) is 0 Å². The Bertz CT molecular complexity index is 575. The number of hydrogen-bond acceptors (Lipinski definition) is 4. The molecule has 2 rings (SSSR count). The van der Waals surface area contributed by atoms with Gasteiger partial charge in [-0.1, -0.05) is 6.07 Å². The zero-order valence-corrected chi connectivity index (χ0v) is 11.8. The molecule has 1 heterocycles. The molecule has 102 valence electrons. The first kappa shape index (κ1) is 13.4. The molecular formula is C14H20N4O. The molecule has 2 N–H and O–H groups in total. The summed E-state index contributed by atoms with van der Waals surface area (Å²) in [5, 5.41) is 4.19. The minimum absolute atomic E-state index is 0.268. The Morgan fingerprint density at radius 2 is 2.05 bits per heavy atom. The van der Waals surface area contributed by atoms with Gasteiger partial charge in [0.05, 0.1) is 0 Å². The van der Waals surface area contributed by atoms with Crippen LogP contribution in [0.4, 0.5) is 5.69 Å². The lowest BCUT2D eigenvalue weighted by Gasteiger charge is -2.14. The Morgan fingerprint density at radius 3 is 2.74 bits per heavy atom. The van der Waals surface area contributed by atoms with Gasteiger partial charge in [-0.05, 0) is 39.3 Å². The van der Waals surface area contributed by atoms with Crippen molar-refractivity contribution in [2.45, 2.75) is 40.3 Å². The lowest BCUT2D eigenvalue weighted by Crippen LogP contribution is -2.11. The molecule has 1 aromatic carbocycles. The summed E-state index contributed by atoms with van der Waals surface area (Å²) in [6, 6.07) is 4.13. The summed E-state index contributed by atoms with van der Waals surface area (Å²) in [7, 11) is 0. The van der Waals surface area contributed by atoms with Gasteiger partial charge in [0.15, 0.2) is 5.82 Å². The average Bonchev–Trinajstić information content (AvgIpc) is 2.82. The third-order valence-corrected chi connectivity index (χ3v) is 3.13. The Kier molecular flexibility index (Phi) is 3.74. The first-order chi connectivity index (χ1) is 9.00. The van der Waals surface area contributed by atoms with E-state index in [4.69, 9.17) is 10.5 Å². The van der Waals surface area contributed by atoms with E-state index >= 15 is 0 Å². The largest absolute Gasteiger partial charge is 0.485 e. The number of anilines is 1. The van der Waals surface area contributed by atoms with E-state index in [1.54, 1.807) is 6.33 Å². The van der Waals surface area contributed by atoms with Gasteiger partial charge in [0.1, 0.15) is 18.7 Å². The second-order valence-corrected chi connectivity index (χ2v) is 4.93. The number of ether oxygens (including phenoxy) is 1. The molecular weight excluding hydrogens is 240 g/mol. The van der Waals surface area contributed by atoms with E-state index < -0.39 is 0 Å². The van der Waals surface area contributed by atoms with Gasteiger partial charge in [-0.2, -0.15) is 5.10 Å². The second kappa shape index (κ2) is 5.30. The van der Waals surface area contributed by atoms with E-state index in [-0.39, 0.29) is 6.04 Å². The SMILES string of the molecule is Cc1ccc(N)c(C)c1OCc1ncnn1C(C)C. The maximum atomic E-state index is 5.90. The molecule has 1 aromatic heterocycles. The van der Waals surface area contributed by atoms with Crippen molar-refractivity contribution in [1.29, 1.82) is 0 Å². The van der Waals surface area contributed by atoms with Crippen molar-refractivity contribution in [3.05, 3.63) is 35.4 Å². The molecule has 5 heteroatoms. The smallest absolute Gasteiger partial charge is 0.165 e. The number of nitrogen functional groups attached to an aromatic ring is 1. The topological polar surface area (TPSA) is 66.0 Å². The molecule has 0 bridgehead atoms. The van der Waals surface area contributed by atoms with E-state index in [1.165, 1.54) is 0 Å². The predicted octanol–water partition coefficient (Wildman–Crippen LogP) is 2.64. The zero-order chi connectivity index (χ0) is 14.0. The molecule has 19 heavy (non-hydrogen) atoms. The van der Waals surface area contributed by atoms with Gasteiger partial charge in [0.2, 0.25) is 0 Å². The molecule has 0 aliphatic heterocycles. The van der Waals surface area contributed by atoms with Crippen LogP contribution in [0.2, 0.25) is 0 Å². The minimum atomic E-state index is 0.268. The zero-order valence-electron chi connectivity index (χ0n) is 11.8. The second-order valence-electron chi connectivity index (χ2n) is 4.93. The summed E-state index contributed by atoms with van der Waals surface area (Å²) in [6.07, 6.45) is 1.55. The van der Waals surface area contributed by atoms with Crippen molar-refractivity contribution in [2.75, 3.05) is 5.73 Å². The van der Waals surface area contributed by atoms with Crippen LogP contribution in [0.15, 0.2) is 18.5 Å². The highest BCUT2D eigenvalue weighted by Crippen LogP contribution is 2.28. The molecule has 0 aliphatic rings. The lowest BCUT2D eigenvalue weighted by molar-refractivity contribution is 0.279. The molecule has 0 spiro atoms. The first-order valence-electron chi connectivity index (χ1n) is 6.37. The molecule has 0 fully saturated rings. The van der Waals surface area contributed by atoms with E-state index in [2.05, 4.69) is 23.9 Å². The summed E-state index contributed by atoms with van der Waals surface area (Å²) in [5.41, 5.74) is 8.68. The highest BCUT2D eigenvalue weighted by atomic mass is 16.5. The van der Waals surface area contributed by atoms with Crippen molar-refractivity contribution < 1.29 is 4.74 Å². The molecule has 0 amide bonds. The highest BCUT2D eigenvalue weighted by molar-refractivity contribution is 5.56. The van der Waals surface area contributed by atoms with Crippen LogP contribution in [0.3, 0.4) is 0 Å². The van der Waals surface area contributed by atoms with Crippen LogP contribution in [0.5, 0.6) is 5.75 Å². The summed E-state index contributed by atoms with van der Waals surface area (Å²) < 4.78 is 7.74. The number of aromatic nitrogens is 3. The molecule has 0 atom stereocenters. The molecule has 5 nitrogen and oxygen atoms in total. The van der Waals surface area contributed by atoms with Crippen LogP contribution in [0, 0.1) is 13.8 Å². The van der Waals surface area contributed by atoms with Gasteiger partial charge in [0, 0.05) is 17.3 Å². The number of rotatable bonds is 4. The number of nitrogens with zero attached hydrogens (tertiary/aromatic N) is 3. The maximum absolute atomic E-state index is 5.90. The molecule has 0 saturated carbocycles. The fourth-order valence-electron chi connectivity index (χ4n) is 2.01. The molecule has 2 aromatic rings. The molecule has 0 radical (unpaired) electrons. The summed E-state index contributed by atoms with van der Waals surface area (Å²) in [5.74, 6) is 1.65. The van der Waals surface area contributed by atoms with Crippen molar-refractivity contribution in [3.8, 4) is 5.75 Å². The van der Waals surface area contributed by atoms with Crippen molar-refractivity contribution in [3.63, 3.8) is 0 Å². The van der Waals surface area contributed by atoms with Crippen molar-refractivity contribution in [1.82, 2.24) is 14.8 Å². The van der Waals surface area contributed by atoms with Crippen molar-refractivity contribution in [2.24, 2.45) is 0 Å². The number of hydrogen-bond donors (Lipinski definition) is 1. The predicted molar refractivity (Wildman–Crippen MR) is 75.1 cm³/mol. The number of aryl methyl sites for hydroxylation is 1. The van der Waals surface area contributed by atoms with E-state index in [9.17, 15) is 0 Å². The van der Waals surface area contributed by atoms with Crippen LogP contribution < -0.4 is 10.5 Å². The Labute approximate surface area is 113 Å².